The van der Waals surface area contributed by atoms with E-state index in [2.05, 4.69) is 31.3 Å². The number of ether oxygens (including phenoxy) is 2. The average Bonchev–Trinajstić information content (AvgIpc) is 3.17. The third-order valence-corrected chi connectivity index (χ3v) is 10.6. The van der Waals surface area contributed by atoms with Crippen LogP contribution < -0.4 is 5.32 Å². The summed E-state index contributed by atoms with van der Waals surface area (Å²) in [6.07, 6.45) is 29.7. The Hall–Kier alpha value is -1.37. The van der Waals surface area contributed by atoms with Crippen LogP contribution >= 0.6 is 0 Å². The van der Waals surface area contributed by atoms with Crippen LogP contribution in [-0.4, -0.2) is 98.7 Å². The molecule has 1 heterocycles. The van der Waals surface area contributed by atoms with Gasteiger partial charge in [0.15, 0.2) is 6.29 Å². The van der Waals surface area contributed by atoms with Crippen molar-refractivity contribution in [3.05, 3.63) is 24.3 Å². The molecule has 0 saturated carbocycles. The van der Waals surface area contributed by atoms with Gasteiger partial charge in [0.05, 0.1) is 25.4 Å². The lowest BCUT2D eigenvalue weighted by Crippen LogP contribution is -2.60. The summed E-state index contributed by atoms with van der Waals surface area (Å²) in [5.41, 5.74) is 0. The smallest absolute Gasteiger partial charge is 0.249 e. The van der Waals surface area contributed by atoms with Gasteiger partial charge in [-0.05, 0) is 44.9 Å². The highest BCUT2D eigenvalue weighted by atomic mass is 16.7. The maximum absolute atomic E-state index is 13.0. The first kappa shape index (κ1) is 50.6. The summed E-state index contributed by atoms with van der Waals surface area (Å²) in [6, 6.07) is -0.978. The Morgan fingerprint density at radius 2 is 1.07 bits per heavy atom. The van der Waals surface area contributed by atoms with Crippen molar-refractivity contribution < 1.29 is 44.9 Å². The van der Waals surface area contributed by atoms with Crippen LogP contribution in [0.4, 0.5) is 0 Å². The zero-order valence-corrected chi connectivity index (χ0v) is 34.3. The Bertz CT molecular complexity index is 916. The van der Waals surface area contributed by atoms with Crippen molar-refractivity contribution in [3.8, 4) is 0 Å². The quantitative estimate of drug-likeness (QED) is 0.0250. The van der Waals surface area contributed by atoms with Gasteiger partial charge in [-0.1, -0.05) is 167 Å². The summed E-state index contributed by atoms with van der Waals surface area (Å²) in [5, 5.41) is 64.5. The van der Waals surface area contributed by atoms with Crippen LogP contribution in [0.2, 0.25) is 0 Å². The molecule has 1 amide bonds. The Balaban J connectivity index is 2.45. The number of carbonyl (C=O) groups is 1. The molecule has 1 aliphatic rings. The maximum Gasteiger partial charge on any atom is 0.249 e. The first-order valence-corrected chi connectivity index (χ1v) is 22.2. The Labute approximate surface area is 329 Å². The SMILES string of the molecule is CCCCCCC=CCCCCCCCCCC=CC(O)C(COC1OC(CO)C(O)C(O)C1O)NC(=O)C(O)CCCCCCCCCCCCCC. The number of hydrogen-bond acceptors (Lipinski definition) is 9. The zero-order chi connectivity index (χ0) is 39.7. The van der Waals surface area contributed by atoms with E-state index < -0.39 is 61.5 Å². The molecule has 10 nitrogen and oxygen atoms in total. The Morgan fingerprint density at radius 3 is 1.57 bits per heavy atom. The molecule has 0 radical (unpaired) electrons. The fourth-order valence-electron chi connectivity index (χ4n) is 6.92. The first-order chi connectivity index (χ1) is 26.3. The normalized spacial score (nSPS) is 22.3. The minimum atomic E-state index is -1.61. The molecule has 7 N–H and O–H groups in total. The number of nitrogens with one attached hydrogen (secondary N) is 1. The van der Waals surface area contributed by atoms with Gasteiger partial charge in [0.2, 0.25) is 5.91 Å². The molecule has 8 unspecified atom stereocenters. The van der Waals surface area contributed by atoms with E-state index in [1.54, 1.807) is 6.08 Å². The number of aliphatic hydroxyl groups is 6. The molecule has 318 valence electrons. The van der Waals surface area contributed by atoms with Crippen molar-refractivity contribution in [3.63, 3.8) is 0 Å². The third kappa shape index (κ3) is 25.0. The zero-order valence-electron chi connectivity index (χ0n) is 34.3. The average molecular weight is 770 g/mol. The molecular formula is C44H83NO9. The number of unbranched alkanes of at least 4 members (excludes halogenated alkanes) is 23. The fraction of sp³-hybridized carbons (Fsp3) is 0.886. The minimum Gasteiger partial charge on any atom is -0.394 e. The summed E-state index contributed by atoms with van der Waals surface area (Å²) in [7, 11) is 0. The van der Waals surface area contributed by atoms with Gasteiger partial charge in [0.1, 0.15) is 30.5 Å². The van der Waals surface area contributed by atoms with E-state index in [0.717, 1.165) is 44.9 Å². The molecule has 0 aliphatic carbocycles. The monoisotopic (exact) mass is 770 g/mol. The van der Waals surface area contributed by atoms with E-state index in [0.29, 0.717) is 6.42 Å². The first-order valence-electron chi connectivity index (χ1n) is 22.2. The number of rotatable bonds is 36. The summed E-state index contributed by atoms with van der Waals surface area (Å²) in [6.45, 7) is 3.57. The molecule has 0 aromatic rings. The van der Waals surface area contributed by atoms with E-state index in [9.17, 15) is 35.4 Å². The van der Waals surface area contributed by atoms with Crippen molar-refractivity contribution in [1.29, 1.82) is 0 Å². The molecular weight excluding hydrogens is 686 g/mol. The van der Waals surface area contributed by atoms with Crippen molar-refractivity contribution in [2.45, 2.75) is 236 Å². The molecule has 1 rings (SSSR count). The van der Waals surface area contributed by atoms with Gasteiger partial charge in [0, 0.05) is 0 Å². The lowest BCUT2D eigenvalue weighted by atomic mass is 9.99. The molecule has 0 bridgehead atoms. The van der Waals surface area contributed by atoms with Crippen LogP contribution in [0.15, 0.2) is 24.3 Å². The second-order valence-corrected chi connectivity index (χ2v) is 15.6. The third-order valence-electron chi connectivity index (χ3n) is 10.6. The Kier molecular flexibility index (Phi) is 32.7. The van der Waals surface area contributed by atoms with Crippen LogP contribution in [0, 0.1) is 0 Å². The number of aliphatic hydroxyl groups excluding tert-OH is 6. The van der Waals surface area contributed by atoms with E-state index >= 15 is 0 Å². The standard InChI is InChI=1S/C44H83NO9/c1-3-5-7-9-11-13-15-17-18-19-20-21-23-24-26-28-30-32-37(47)36(35-53-44-42(51)41(50)40(49)39(34-46)54-44)45-43(52)38(48)33-31-29-27-25-22-16-14-12-10-8-6-4-2/h13,15,30,32,36-42,44,46-51H,3-12,14,16-29,31,33-35H2,1-2H3,(H,45,52). The van der Waals surface area contributed by atoms with Gasteiger partial charge in [-0.25, -0.2) is 0 Å². The molecule has 1 aliphatic heterocycles. The minimum absolute atomic E-state index is 0.306. The van der Waals surface area contributed by atoms with Crippen LogP contribution in [0.1, 0.15) is 187 Å². The van der Waals surface area contributed by atoms with Gasteiger partial charge in [-0.3, -0.25) is 4.79 Å². The fourth-order valence-corrected chi connectivity index (χ4v) is 6.92. The second-order valence-electron chi connectivity index (χ2n) is 15.6. The number of allylic oxidation sites excluding steroid dienone is 3. The lowest BCUT2D eigenvalue weighted by Gasteiger charge is -2.40. The number of amides is 1. The van der Waals surface area contributed by atoms with Crippen molar-refractivity contribution >= 4 is 5.91 Å². The predicted octanol–water partition coefficient (Wildman–Crippen LogP) is 7.69. The molecule has 10 heteroatoms. The topological polar surface area (TPSA) is 169 Å². The van der Waals surface area contributed by atoms with Gasteiger partial charge in [-0.2, -0.15) is 0 Å². The molecule has 0 aromatic heterocycles. The number of carbonyl (C=O) groups excluding carboxylic acids is 1. The van der Waals surface area contributed by atoms with Crippen LogP contribution in [0.3, 0.4) is 0 Å². The van der Waals surface area contributed by atoms with Gasteiger partial charge >= 0.3 is 0 Å². The molecule has 54 heavy (non-hydrogen) atoms. The van der Waals surface area contributed by atoms with Gasteiger partial charge in [0.25, 0.3) is 0 Å². The highest BCUT2D eigenvalue weighted by Gasteiger charge is 2.44. The van der Waals surface area contributed by atoms with Crippen molar-refractivity contribution in [1.82, 2.24) is 5.32 Å². The van der Waals surface area contributed by atoms with Gasteiger partial charge < -0.3 is 45.4 Å². The molecule has 0 spiro atoms. The molecule has 0 aromatic carbocycles. The molecule has 8 atom stereocenters. The molecule has 1 saturated heterocycles. The largest absolute Gasteiger partial charge is 0.394 e. The predicted molar refractivity (Wildman–Crippen MR) is 218 cm³/mol. The molecule has 1 fully saturated rings. The van der Waals surface area contributed by atoms with Gasteiger partial charge in [-0.15, -0.1) is 0 Å². The van der Waals surface area contributed by atoms with Crippen LogP contribution in [0.5, 0.6) is 0 Å². The summed E-state index contributed by atoms with van der Waals surface area (Å²) in [4.78, 5) is 13.0. The summed E-state index contributed by atoms with van der Waals surface area (Å²) < 4.78 is 11.1. The van der Waals surface area contributed by atoms with Crippen molar-refractivity contribution in [2.75, 3.05) is 13.2 Å². The highest BCUT2D eigenvalue weighted by molar-refractivity contribution is 5.80. The van der Waals surface area contributed by atoms with Crippen molar-refractivity contribution in [2.24, 2.45) is 0 Å². The van der Waals surface area contributed by atoms with E-state index in [-0.39, 0.29) is 6.61 Å². The van der Waals surface area contributed by atoms with Crippen LogP contribution in [-0.2, 0) is 14.3 Å². The maximum atomic E-state index is 13.0. The highest BCUT2D eigenvalue weighted by Crippen LogP contribution is 2.22. The van der Waals surface area contributed by atoms with E-state index in [1.165, 1.54) is 122 Å². The number of hydrogen-bond donors (Lipinski definition) is 7. The lowest BCUT2D eigenvalue weighted by molar-refractivity contribution is -0.302. The second kappa shape index (κ2) is 34.8. The summed E-state index contributed by atoms with van der Waals surface area (Å²) in [5.74, 6) is -0.619. The van der Waals surface area contributed by atoms with Crippen LogP contribution in [0.25, 0.3) is 0 Å². The van der Waals surface area contributed by atoms with E-state index in [4.69, 9.17) is 9.47 Å². The van der Waals surface area contributed by atoms with E-state index in [1.807, 2.05) is 6.08 Å². The Morgan fingerprint density at radius 1 is 0.630 bits per heavy atom. The summed E-state index contributed by atoms with van der Waals surface area (Å²) >= 11 is 0.